The molecule has 0 aromatic heterocycles. The molecule has 0 aromatic rings. The molecule has 0 amide bonds. The third kappa shape index (κ3) is 7.81. The van der Waals surface area contributed by atoms with Crippen LogP contribution in [0, 0.1) is 11.8 Å². The summed E-state index contributed by atoms with van der Waals surface area (Å²) in [5.74, 6) is 6.46. The summed E-state index contributed by atoms with van der Waals surface area (Å²) >= 11 is 5.42. The smallest absolute Gasteiger partial charge is 0.107 e. The van der Waals surface area contributed by atoms with Crippen LogP contribution in [0.5, 0.6) is 0 Å². The molecule has 0 aliphatic carbocycles. The van der Waals surface area contributed by atoms with Crippen molar-refractivity contribution >= 4 is 11.6 Å². The minimum Gasteiger partial charge on any atom is -0.372 e. The Morgan fingerprint density at radius 1 is 1.44 bits per heavy atom. The number of alkyl halides is 1. The lowest BCUT2D eigenvalue weighted by Gasteiger charge is -1.83. The summed E-state index contributed by atoms with van der Waals surface area (Å²) in [7, 11) is 1.64. The van der Waals surface area contributed by atoms with Crippen molar-refractivity contribution in [3.63, 3.8) is 0 Å². The highest BCUT2D eigenvalue weighted by Gasteiger charge is 1.76. The van der Waals surface area contributed by atoms with Gasteiger partial charge in [-0.3, -0.25) is 0 Å². The molecule has 0 rings (SSSR count). The number of rotatable bonds is 3. The van der Waals surface area contributed by atoms with Gasteiger partial charge in [0.25, 0.3) is 0 Å². The fraction of sp³-hybridized carbons (Fsp3) is 0.714. The standard InChI is InChI=1S/C7H11ClO/c1-9-7-5-3-2-4-6-8/h2,4,6-7H2,1H3. The first-order chi connectivity index (χ1) is 4.41. The summed E-state index contributed by atoms with van der Waals surface area (Å²) in [6, 6.07) is 0. The zero-order chi connectivity index (χ0) is 6.95. The average molecular weight is 147 g/mol. The lowest BCUT2D eigenvalue weighted by Crippen LogP contribution is -1.81. The van der Waals surface area contributed by atoms with Crippen LogP contribution >= 0.6 is 11.6 Å². The highest BCUT2D eigenvalue weighted by molar-refractivity contribution is 6.17. The molecule has 9 heavy (non-hydrogen) atoms. The minimum absolute atomic E-state index is 0.530. The Kier molecular flexibility index (Phi) is 7.65. The van der Waals surface area contributed by atoms with Gasteiger partial charge < -0.3 is 4.74 Å². The summed E-state index contributed by atoms with van der Waals surface area (Å²) in [4.78, 5) is 0. The van der Waals surface area contributed by atoms with Crippen LogP contribution in [0.3, 0.4) is 0 Å². The molecule has 52 valence electrons. The van der Waals surface area contributed by atoms with E-state index in [0.717, 1.165) is 12.8 Å². The second-order valence-corrected chi connectivity index (χ2v) is 1.96. The van der Waals surface area contributed by atoms with Crippen molar-refractivity contribution < 1.29 is 4.74 Å². The van der Waals surface area contributed by atoms with E-state index in [1.54, 1.807) is 7.11 Å². The molecule has 0 bridgehead atoms. The molecule has 0 saturated carbocycles. The minimum atomic E-state index is 0.530. The van der Waals surface area contributed by atoms with Crippen LogP contribution in [0.2, 0.25) is 0 Å². The highest BCUT2D eigenvalue weighted by atomic mass is 35.5. The van der Waals surface area contributed by atoms with E-state index in [2.05, 4.69) is 11.8 Å². The van der Waals surface area contributed by atoms with Crippen molar-refractivity contribution in [2.45, 2.75) is 12.8 Å². The molecule has 0 heterocycles. The summed E-state index contributed by atoms with van der Waals surface area (Å²) in [5, 5.41) is 0. The predicted molar refractivity (Wildman–Crippen MR) is 39.6 cm³/mol. The maximum absolute atomic E-state index is 5.42. The monoisotopic (exact) mass is 146 g/mol. The molecular weight excluding hydrogens is 136 g/mol. The second-order valence-electron chi connectivity index (χ2n) is 1.58. The Labute approximate surface area is 61.3 Å². The average Bonchev–Trinajstić information content (AvgIpc) is 1.89. The highest BCUT2D eigenvalue weighted by Crippen LogP contribution is 1.88. The molecule has 0 atom stereocenters. The van der Waals surface area contributed by atoms with Crippen LogP contribution in [0.25, 0.3) is 0 Å². The topological polar surface area (TPSA) is 9.23 Å². The van der Waals surface area contributed by atoms with E-state index >= 15 is 0 Å². The molecule has 0 aliphatic heterocycles. The van der Waals surface area contributed by atoms with E-state index in [-0.39, 0.29) is 0 Å². The van der Waals surface area contributed by atoms with Gasteiger partial charge in [0.15, 0.2) is 0 Å². The second kappa shape index (κ2) is 7.81. The van der Waals surface area contributed by atoms with E-state index in [0.29, 0.717) is 12.5 Å². The van der Waals surface area contributed by atoms with Gasteiger partial charge in [0.05, 0.1) is 0 Å². The molecule has 0 unspecified atom stereocenters. The van der Waals surface area contributed by atoms with Gasteiger partial charge in [-0.1, -0.05) is 5.92 Å². The van der Waals surface area contributed by atoms with Crippen molar-refractivity contribution in [1.82, 2.24) is 0 Å². The van der Waals surface area contributed by atoms with Crippen LogP contribution in [0.1, 0.15) is 12.8 Å². The maximum Gasteiger partial charge on any atom is 0.107 e. The van der Waals surface area contributed by atoms with Crippen LogP contribution < -0.4 is 0 Å². The van der Waals surface area contributed by atoms with Crippen LogP contribution in [-0.2, 0) is 4.74 Å². The molecular formula is C7H11ClO. The Hall–Kier alpha value is -0.190. The molecule has 0 N–H and O–H groups in total. The molecule has 2 heteroatoms. The van der Waals surface area contributed by atoms with Crippen LogP contribution in [0.15, 0.2) is 0 Å². The maximum atomic E-state index is 5.42. The molecule has 0 saturated heterocycles. The van der Waals surface area contributed by atoms with Gasteiger partial charge in [-0.15, -0.1) is 17.5 Å². The van der Waals surface area contributed by atoms with E-state index in [1.165, 1.54) is 0 Å². The SMILES string of the molecule is COCC#CCCCCl. The molecule has 1 nitrogen and oxygen atoms in total. The molecule has 0 fully saturated rings. The third-order valence-corrected chi connectivity index (χ3v) is 1.04. The van der Waals surface area contributed by atoms with Gasteiger partial charge in [0.1, 0.15) is 6.61 Å². The fourth-order valence-electron chi connectivity index (χ4n) is 0.367. The fourth-order valence-corrected chi connectivity index (χ4v) is 0.500. The number of ether oxygens (including phenoxy) is 1. The quantitative estimate of drug-likeness (QED) is 0.334. The first-order valence-electron chi connectivity index (χ1n) is 2.92. The number of unbranched alkanes of at least 4 members (excludes halogenated alkanes) is 1. The van der Waals surface area contributed by atoms with Gasteiger partial charge in [-0.25, -0.2) is 0 Å². The molecule has 0 aromatic carbocycles. The number of halogens is 1. The third-order valence-electron chi connectivity index (χ3n) is 0.777. The summed E-state index contributed by atoms with van der Waals surface area (Å²) < 4.78 is 4.72. The van der Waals surface area contributed by atoms with Crippen molar-refractivity contribution in [3.8, 4) is 11.8 Å². The molecule has 0 radical (unpaired) electrons. The Balaban J connectivity index is 2.96. The zero-order valence-electron chi connectivity index (χ0n) is 5.61. The molecule has 0 aliphatic rings. The largest absolute Gasteiger partial charge is 0.372 e. The van der Waals surface area contributed by atoms with Crippen molar-refractivity contribution in [2.24, 2.45) is 0 Å². The first-order valence-corrected chi connectivity index (χ1v) is 3.46. The predicted octanol–water partition coefficient (Wildman–Crippen LogP) is 1.66. The summed E-state index contributed by atoms with van der Waals surface area (Å²) in [6.45, 7) is 0.530. The normalized spacial score (nSPS) is 8.22. The lowest BCUT2D eigenvalue weighted by molar-refractivity contribution is 0.239. The van der Waals surface area contributed by atoms with Crippen molar-refractivity contribution in [2.75, 3.05) is 19.6 Å². The summed E-state index contributed by atoms with van der Waals surface area (Å²) in [5.41, 5.74) is 0. The number of hydrogen-bond donors (Lipinski definition) is 0. The van der Waals surface area contributed by atoms with Crippen molar-refractivity contribution in [1.29, 1.82) is 0 Å². The number of methoxy groups -OCH3 is 1. The van der Waals surface area contributed by atoms with Gasteiger partial charge in [0, 0.05) is 19.4 Å². The van der Waals surface area contributed by atoms with E-state index in [4.69, 9.17) is 16.3 Å². The number of hydrogen-bond acceptors (Lipinski definition) is 1. The van der Waals surface area contributed by atoms with Gasteiger partial charge >= 0.3 is 0 Å². The van der Waals surface area contributed by atoms with E-state index in [1.807, 2.05) is 0 Å². The van der Waals surface area contributed by atoms with Crippen molar-refractivity contribution in [3.05, 3.63) is 0 Å². The first kappa shape index (κ1) is 8.81. The van der Waals surface area contributed by atoms with Crippen LogP contribution in [0.4, 0.5) is 0 Å². The Bertz CT molecular complexity index is 101. The van der Waals surface area contributed by atoms with Gasteiger partial charge in [-0.2, -0.15) is 0 Å². The van der Waals surface area contributed by atoms with Gasteiger partial charge in [0.2, 0.25) is 0 Å². The zero-order valence-corrected chi connectivity index (χ0v) is 6.37. The van der Waals surface area contributed by atoms with Gasteiger partial charge in [-0.05, 0) is 6.42 Å². The molecule has 0 spiro atoms. The van der Waals surface area contributed by atoms with E-state index < -0.39 is 0 Å². The Morgan fingerprint density at radius 3 is 2.78 bits per heavy atom. The lowest BCUT2D eigenvalue weighted by atomic mass is 10.3. The van der Waals surface area contributed by atoms with Crippen LogP contribution in [-0.4, -0.2) is 19.6 Å². The Morgan fingerprint density at radius 2 is 2.22 bits per heavy atom. The summed E-state index contributed by atoms with van der Waals surface area (Å²) in [6.07, 6.45) is 1.85. The van der Waals surface area contributed by atoms with E-state index in [9.17, 15) is 0 Å².